The van der Waals surface area contributed by atoms with Crippen LogP contribution in [0.15, 0.2) is 11.2 Å². The maximum atomic E-state index is 12.4. The Balaban J connectivity index is 1.62. The summed E-state index contributed by atoms with van der Waals surface area (Å²) >= 11 is 7.45. The molecule has 2 amide bonds. The molecule has 1 N–H and O–H groups in total. The molecule has 1 aliphatic carbocycles. The predicted molar refractivity (Wildman–Crippen MR) is 107 cm³/mol. The lowest BCUT2D eigenvalue weighted by atomic mass is 10.1. The summed E-state index contributed by atoms with van der Waals surface area (Å²) in [7, 11) is 0. The lowest BCUT2D eigenvalue weighted by molar-refractivity contribution is -0.135. The third-order valence-corrected chi connectivity index (χ3v) is 5.64. The van der Waals surface area contributed by atoms with Crippen molar-refractivity contribution in [3.05, 3.63) is 11.2 Å². The molecule has 1 atom stereocenters. The van der Waals surface area contributed by atoms with Crippen LogP contribution in [0.4, 0.5) is 5.82 Å². The molecule has 9 heteroatoms. The third kappa shape index (κ3) is 5.48. The van der Waals surface area contributed by atoms with Crippen LogP contribution in [-0.2, 0) is 9.59 Å². The normalized spacial score (nSPS) is 20.1. The minimum atomic E-state index is -0.0547. The molecule has 2 aliphatic rings. The van der Waals surface area contributed by atoms with Crippen molar-refractivity contribution in [2.45, 2.75) is 50.9 Å². The molecular formula is C18H26ClN5O2S. The highest BCUT2D eigenvalue weighted by molar-refractivity contribution is 7.99. The van der Waals surface area contributed by atoms with Crippen molar-refractivity contribution >= 4 is 41.0 Å². The molecule has 0 spiro atoms. The van der Waals surface area contributed by atoms with Gasteiger partial charge in [0.05, 0.1) is 5.75 Å². The summed E-state index contributed by atoms with van der Waals surface area (Å²) in [4.78, 5) is 37.1. The molecular weight excluding hydrogens is 386 g/mol. The van der Waals surface area contributed by atoms with E-state index in [1.54, 1.807) is 6.07 Å². The van der Waals surface area contributed by atoms with Gasteiger partial charge in [0.1, 0.15) is 11.0 Å². The highest BCUT2D eigenvalue weighted by Crippen LogP contribution is 2.32. The fourth-order valence-corrected chi connectivity index (χ4v) is 4.06. The van der Waals surface area contributed by atoms with E-state index in [0.29, 0.717) is 29.9 Å². The van der Waals surface area contributed by atoms with Gasteiger partial charge in [0, 0.05) is 43.7 Å². The summed E-state index contributed by atoms with van der Waals surface area (Å²) in [5.74, 6) is 1.47. The number of anilines is 1. The fourth-order valence-electron chi connectivity index (χ4n) is 3.16. The van der Waals surface area contributed by atoms with Gasteiger partial charge < -0.3 is 15.1 Å². The van der Waals surface area contributed by atoms with Crippen molar-refractivity contribution in [1.29, 1.82) is 0 Å². The number of nitrogens with one attached hydrogen (secondary N) is 1. The van der Waals surface area contributed by atoms with Gasteiger partial charge in [-0.25, -0.2) is 9.97 Å². The zero-order valence-electron chi connectivity index (χ0n) is 15.9. The highest BCUT2D eigenvalue weighted by atomic mass is 35.5. The van der Waals surface area contributed by atoms with Gasteiger partial charge in [-0.05, 0) is 33.6 Å². The van der Waals surface area contributed by atoms with Crippen LogP contribution in [0.1, 0.15) is 33.6 Å². The van der Waals surface area contributed by atoms with E-state index in [1.165, 1.54) is 11.8 Å². The molecule has 148 valence electrons. The number of piperazine rings is 1. The van der Waals surface area contributed by atoms with Crippen LogP contribution in [0.2, 0.25) is 5.15 Å². The zero-order valence-corrected chi connectivity index (χ0v) is 17.5. The first-order valence-corrected chi connectivity index (χ1v) is 10.7. The maximum Gasteiger partial charge on any atom is 0.230 e. The molecule has 2 fully saturated rings. The zero-order chi connectivity index (χ0) is 19.6. The van der Waals surface area contributed by atoms with Crippen LogP contribution >= 0.6 is 23.4 Å². The van der Waals surface area contributed by atoms with Gasteiger partial charge in [0.15, 0.2) is 5.16 Å². The Labute approximate surface area is 169 Å². The Bertz CT molecular complexity index is 713. The lowest BCUT2D eigenvalue weighted by Gasteiger charge is -2.40. The summed E-state index contributed by atoms with van der Waals surface area (Å²) in [6, 6.07) is 1.98. The van der Waals surface area contributed by atoms with Gasteiger partial charge in [-0.1, -0.05) is 23.4 Å². The van der Waals surface area contributed by atoms with E-state index in [-0.39, 0.29) is 35.6 Å². The first-order chi connectivity index (χ1) is 12.8. The van der Waals surface area contributed by atoms with Crippen LogP contribution in [-0.4, -0.2) is 64.2 Å². The number of halogens is 1. The third-order valence-electron chi connectivity index (χ3n) is 4.60. The van der Waals surface area contributed by atoms with Crippen molar-refractivity contribution < 1.29 is 9.59 Å². The number of amides is 2. The summed E-state index contributed by atoms with van der Waals surface area (Å²) in [6.45, 7) is 8.03. The van der Waals surface area contributed by atoms with Gasteiger partial charge in [-0.2, -0.15) is 0 Å². The van der Waals surface area contributed by atoms with Gasteiger partial charge in [0.25, 0.3) is 0 Å². The minimum Gasteiger partial charge on any atom is -0.353 e. The summed E-state index contributed by atoms with van der Waals surface area (Å²) in [5.41, 5.74) is 0. The van der Waals surface area contributed by atoms with Gasteiger partial charge in [-0.3, -0.25) is 9.59 Å². The number of aromatic nitrogens is 2. The standard InChI is InChI=1S/C18H26ClN5O2S/c1-11(2)20-16(25)10-27-18-21-14(19)8-15(22-18)23-6-7-24(12(3)9-23)17(26)13-4-5-13/h8,11-13H,4-7,9-10H2,1-3H3,(H,20,25)/t12-/m0/s1. The Morgan fingerprint density at radius 3 is 2.70 bits per heavy atom. The summed E-state index contributed by atoms with van der Waals surface area (Å²) in [5, 5.41) is 3.69. The van der Waals surface area contributed by atoms with E-state index >= 15 is 0 Å². The molecule has 0 unspecified atom stereocenters. The molecule has 2 heterocycles. The van der Waals surface area contributed by atoms with Gasteiger partial charge in [0.2, 0.25) is 11.8 Å². The smallest absolute Gasteiger partial charge is 0.230 e. The SMILES string of the molecule is CC(C)NC(=O)CSc1nc(Cl)cc(N2CCN(C(=O)C3CC3)[C@@H](C)C2)n1. The number of nitrogens with zero attached hydrogens (tertiary/aromatic N) is 4. The van der Waals surface area contributed by atoms with E-state index in [1.807, 2.05) is 18.7 Å². The van der Waals surface area contributed by atoms with Crippen LogP contribution in [0, 0.1) is 5.92 Å². The van der Waals surface area contributed by atoms with Crippen LogP contribution in [0.3, 0.4) is 0 Å². The number of rotatable bonds is 6. The Kier molecular flexibility index (Phi) is 6.47. The van der Waals surface area contributed by atoms with E-state index in [0.717, 1.165) is 18.7 Å². The van der Waals surface area contributed by atoms with Crippen molar-refractivity contribution in [3.8, 4) is 0 Å². The first kappa shape index (κ1) is 20.2. The predicted octanol–water partition coefficient (Wildman–Crippen LogP) is 2.19. The van der Waals surface area contributed by atoms with Gasteiger partial charge in [-0.15, -0.1) is 0 Å². The highest BCUT2D eigenvalue weighted by Gasteiger charge is 2.37. The average molecular weight is 412 g/mol. The van der Waals surface area contributed by atoms with Crippen LogP contribution in [0.25, 0.3) is 0 Å². The average Bonchev–Trinajstić information content (AvgIpc) is 3.43. The Hall–Kier alpha value is -1.54. The molecule has 0 bridgehead atoms. The number of thioether (sulfide) groups is 1. The van der Waals surface area contributed by atoms with Crippen LogP contribution in [0.5, 0.6) is 0 Å². The molecule has 0 aromatic carbocycles. The minimum absolute atomic E-state index is 0.0547. The number of hydrogen-bond acceptors (Lipinski definition) is 6. The maximum absolute atomic E-state index is 12.4. The topological polar surface area (TPSA) is 78.4 Å². The van der Waals surface area contributed by atoms with Gasteiger partial charge >= 0.3 is 0 Å². The van der Waals surface area contributed by atoms with Crippen molar-refractivity contribution in [1.82, 2.24) is 20.2 Å². The molecule has 3 rings (SSSR count). The molecule has 1 saturated heterocycles. The number of carbonyl (C=O) groups excluding carboxylic acids is 2. The molecule has 7 nitrogen and oxygen atoms in total. The second-order valence-electron chi connectivity index (χ2n) is 7.44. The molecule has 0 radical (unpaired) electrons. The quantitative estimate of drug-likeness (QED) is 0.439. The first-order valence-electron chi connectivity index (χ1n) is 9.35. The Morgan fingerprint density at radius 1 is 1.33 bits per heavy atom. The molecule has 1 aliphatic heterocycles. The molecule has 27 heavy (non-hydrogen) atoms. The lowest BCUT2D eigenvalue weighted by Crippen LogP contribution is -2.54. The monoisotopic (exact) mass is 411 g/mol. The van der Waals surface area contributed by atoms with E-state index in [4.69, 9.17) is 11.6 Å². The molecule has 1 aromatic heterocycles. The largest absolute Gasteiger partial charge is 0.353 e. The van der Waals surface area contributed by atoms with Crippen molar-refractivity contribution in [2.75, 3.05) is 30.3 Å². The Morgan fingerprint density at radius 2 is 2.07 bits per heavy atom. The number of hydrogen-bond donors (Lipinski definition) is 1. The molecule has 1 saturated carbocycles. The second kappa shape index (κ2) is 8.65. The van der Waals surface area contributed by atoms with E-state index in [2.05, 4.69) is 27.1 Å². The number of carbonyl (C=O) groups is 2. The van der Waals surface area contributed by atoms with Crippen molar-refractivity contribution in [3.63, 3.8) is 0 Å². The fraction of sp³-hybridized carbons (Fsp3) is 0.667. The van der Waals surface area contributed by atoms with Crippen LogP contribution < -0.4 is 10.2 Å². The second-order valence-corrected chi connectivity index (χ2v) is 8.77. The van der Waals surface area contributed by atoms with E-state index in [9.17, 15) is 9.59 Å². The summed E-state index contributed by atoms with van der Waals surface area (Å²) < 4.78 is 0. The summed E-state index contributed by atoms with van der Waals surface area (Å²) in [6.07, 6.45) is 2.05. The molecule has 1 aromatic rings. The van der Waals surface area contributed by atoms with Crippen molar-refractivity contribution in [2.24, 2.45) is 5.92 Å². The van der Waals surface area contributed by atoms with E-state index < -0.39 is 0 Å².